The zero-order valence-electron chi connectivity index (χ0n) is 14.6. The van der Waals surface area contributed by atoms with Crippen molar-refractivity contribution < 1.29 is 0 Å². The lowest BCUT2D eigenvalue weighted by atomic mass is 10.0. The molecule has 1 rings (SSSR count). The lowest BCUT2D eigenvalue weighted by Gasteiger charge is -2.00. The summed E-state index contributed by atoms with van der Waals surface area (Å²) < 4.78 is 0. The number of nitrogens with zero attached hydrogens (tertiary/aromatic N) is 4. The smallest absolute Gasteiger partial charge is 0.129 e. The molecule has 0 aromatic rings. The fourth-order valence-electron chi connectivity index (χ4n) is 1.93. The summed E-state index contributed by atoms with van der Waals surface area (Å²) in [5, 5.41) is 34.6. The van der Waals surface area contributed by atoms with E-state index >= 15 is 0 Å². The van der Waals surface area contributed by atoms with Gasteiger partial charge in [0.15, 0.2) is 0 Å². The van der Waals surface area contributed by atoms with E-state index in [9.17, 15) is 0 Å². The first-order chi connectivity index (χ1) is 13.2. The lowest BCUT2D eigenvalue weighted by Crippen LogP contribution is -1.81. The van der Waals surface area contributed by atoms with Gasteiger partial charge in [-0.25, -0.2) is 0 Å². The zero-order chi connectivity index (χ0) is 19.7. The van der Waals surface area contributed by atoms with Crippen LogP contribution in [0, 0.1) is 45.3 Å². The van der Waals surface area contributed by atoms with Gasteiger partial charge in [-0.2, -0.15) is 21.0 Å². The Morgan fingerprint density at radius 1 is 0.630 bits per heavy atom. The SMILES string of the molecule is N#CC(C#N)=C/C=C/C=C/C1=CC=CC=C(/C=C/C=C/C=C(C#N)C#N)C1. The number of rotatable bonds is 6. The predicted octanol–water partition coefficient (Wildman–Crippen LogP) is 4.97. The van der Waals surface area contributed by atoms with Gasteiger partial charge in [0.2, 0.25) is 0 Å². The van der Waals surface area contributed by atoms with Gasteiger partial charge in [0.05, 0.1) is 0 Å². The van der Waals surface area contributed by atoms with E-state index in [1.54, 1.807) is 48.6 Å². The predicted molar refractivity (Wildman–Crippen MR) is 105 cm³/mol. The molecule has 0 aliphatic heterocycles. The molecule has 0 N–H and O–H groups in total. The molecule has 0 radical (unpaired) electrons. The Morgan fingerprint density at radius 3 is 1.41 bits per heavy atom. The molecular formula is C23H16N4. The molecule has 4 nitrogen and oxygen atoms in total. The minimum atomic E-state index is 0.0613. The van der Waals surface area contributed by atoms with Crippen LogP contribution in [0.3, 0.4) is 0 Å². The summed E-state index contributed by atoms with van der Waals surface area (Å²) in [6.07, 6.45) is 26.1. The van der Waals surface area contributed by atoms with E-state index in [-0.39, 0.29) is 11.1 Å². The highest BCUT2D eigenvalue weighted by Crippen LogP contribution is 2.17. The van der Waals surface area contributed by atoms with Crippen LogP contribution in [0.15, 0.2) is 107 Å². The first kappa shape index (κ1) is 20.7. The second kappa shape index (κ2) is 13.0. The van der Waals surface area contributed by atoms with E-state index in [2.05, 4.69) is 0 Å². The Hall–Kier alpha value is -4.38. The zero-order valence-corrected chi connectivity index (χ0v) is 14.6. The molecule has 4 heteroatoms. The second-order valence-corrected chi connectivity index (χ2v) is 5.14. The third-order valence-electron chi connectivity index (χ3n) is 3.21. The molecule has 1 aliphatic rings. The van der Waals surface area contributed by atoms with Crippen LogP contribution in [0.4, 0.5) is 0 Å². The summed E-state index contributed by atoms with van der Waals surface area (Å²) in [7, 11) is 0. The Balaban J connectivity index is 2.68. The van der Waals surface area contributed by atoms with Gasteiger partial charge >= 0.3 is 0 Å². The third-order valence-corrected chi connectivity index (χ3v) is 3.21. The quantitative estimate of drug-likeness (QED) is 0.500. The van der Waals surface area contributed by atoms with Crippen molar-refractivity contribution in [3.63, 3.8) is 0 Å². The van der Waals surface area contributed by atoms with Crippen LogP contribution in [0.5, 0.6) is 0 Å². The highest BCUT2D eigenvalue weighted by molar-refractivity contribution is 5.42. The topological polar surface area (TPSA) is 95.2 Å². The number of hydrogen-bond acceptors (Lipinski definition) is 4. The minimum absolute atomic E-state index is 0.0613. The maximum absolute atomic E-state index is 8.65. The van der Waals surface area contributed by atoms with Crippen molar-refractivity contribution in [1.82, 2.24) is 0 Å². The van der Waals surface area contributed by atoms with Crippen molar-refractivity contribution >= 4 is 0 Å². The van der Waals surface area contributed by atoms with E-state index in [4.69, 9.17) is 21.0 Å². The maximum Gasteiger partial charge on any atom is 0.129 e. The molecule has 1 aliphatic carbocycles. The molecule has 0 amide bonds. The minimum Gasteiger partial charge on any atom is -0.192 e. The van der Waals surface area contributed by atoms with Gasteiger partial charge in [-0.3, -0.25) is 0 Å². The van der Waals surface area contributed by atoms with Crippen molar-refractivity contribution in [1.29, 1.82) is 21.0 Å². The Labute approximate surface area is 159 Å². The monoisotopic (exact) mass is 348 g/mol. The molecule has 0 saturated heterocycles. The first-order valence-corrected chi connectivity index (χ1v) is 8.00. The van der Waals surface area contributed by atoms with Gasteiger partial charge in [0, 0.05) is 0 Å². The molecule has 0 heterocycles. The van der Waals surface area contributed by atoms with Crippen LogP contribution >= 0.6 is 0 Å². The summed E-state index contributed by atoms with van der Waals surface area (Å²) in [5.41, 5.74) is 2.33. The fraction of sp³-hybridized carbons (Fsp3) is 0.0435. The van der Waals surface area contributed by atoms with Crippen LogP contribution < -0.4 is 0 Å². The van der Waals surface area contributed by atoms with Crippen molar-refractivity contribution in [3.05, 3.63) is 107 Å². The van der Waals surface area contributed by atoms with Gasteiger partial charge in [-0.05, 0) is 29.7 Å². The highest BCUT2D eigenvalue weighted by atomic mass is 14.3. The van der Waals surface area contributed by atoms with E-state index in [0.29, 0.717) is 0 Å². The summed E-state index contributed by atoms with van der Waals surface area (Å²) in [5.74, 6) is 0. The lowest BCUT2D eigenvalue weighted by molar-refractivity contribution is 1.21. The number of nitriles is 4. The molecule has 0 aromatic heterocycles. The largest absolute Gasteiger partial charge is 0.192 e. The molecule has 0 saturated carbocycles. The molecule has 0 fully saturated rings. The van der Waals surface area contributed by atoms with Crippen LogP contribution in [0.25, 0.3) is 0 Å². The fourth-order valence-corrected chi connectivity index (χ4v) is 1.93. The average molecular weight is 348 g/mol. The van der Waals surface area contributed by atoms with E-state index < -0.39 is 0 Å². The highest BCUT2D eigenvalue weighted by Gasteiger charge is 1.98. The summed E-state index contributed by atoms with van der Waals surface area (Å²) >= 11 is 0. The van der Waals surface area contributed by atoms with Crippen molar-refractivity contribution in [2.45, 2.75) is 6.42 Å². The molecule has 0 aromatic carbocycles. The Kier molecular flexibility index (Phi) is 9.93. The Morgan fingerprint density at radius 2 is 1.04 bits per heavy atom. The molecule has 128 valence electrons. The van der Waals surface area contributed by atoms with Gasteiger partial charge in [0.1, 0.15) is 35.4 Å². The summed E-state index contributed by atoms with van der Waals surface area (Å²) in [6.45, 7) is 0. The van der Waals surface area contributed by atoms with Crippen LogP contribution in [-0.2, 0) is 0 Å². The van der Waals surface area contributed by atoms with Gasteiger partial charge in [0.25, 0.3) is 0 Å². The molecular weight excluding hydrogens is 332 g/mol. The molecule has 0 unspecified atom stereocenters. The first-order valence-electron chi connectivity index (χ1n) is 8.00. The number of allylic oxidation sites excluding steroid dienone is 18. The van der Waals surface area contributed by atoms with Crippen LogP contribution in [-0.4, -0.2) is 0 Å². The summed E-state index contributed by atoms with van der Waals surface area (Å²) in [4.78, 5) is 0. The third kappa shape index (κ3) is 8.88. The van der Waals surface area contributed by atoms with Gasteiger partial charge in [-0.15, -0.1) is 0 Å². The average Bonchev–Trinajstić information content (AvgIpc) is 2.92. The van der Waals surface area contributed by atoms with Crippen molar-refractivity contribution in [3.8, 4) is 24.3 Å². The molecule has 27 heavy (non-hydrogen) atoms. The second-order valence-electron chi connectivity index (χ2n) is 5.14. The normalized spacial score (nSPS) is 13.3. The molecule has 0 bridgehead atoms. The van der Waals surface area contributed by atoms with Gasteiger partial charge < -0.3 is 0 Å². The van der Waals surface area contributed by atoms with Crippen LogP contribution in [0.2, 0.25) is 0 Å². The van der Waals surface area contributed by atoms with E-state index in [1.165, 1.54) is 12.2 Å². The van der Waals surface area contributed by atoms with E-state index in [1.807, 2.05) is 48.6 Å². The van der Waals surface area contributed by atoms with Gasteiger partial charge in [-0.1, -0.05) is 72.9 Å². The maximum atomic E-state index is 8.65. The summed E-state index contributed by atoms with van der Waals surface area (Å²) in [6, 6.07) is 7.18. The molecule has 0 atom stereocenters. The number of hydrogen-bond donors (Lipinski definition) is 0. The van der Waals surface area contributed by atoms with Crippen molar-refractivity contribution in [2.75, 3.05) is 0 Å². The Bertz CT molecular complexity index is 865. The van der Waals surface area contributed by atoms with E-state index in [0.717, 1.165) is 17.6 Å². The molecule has 0 spiro atoms. The standard InChI is InChI=1S/C23H16N4/c24-16-22(17-25)13-5-1-3-9-20-11-7-8-12-21(15-20)10-4-2-6-14-23(18-26)19-27/h1-14H,15H2/b5-1+,6-2+,9-3+,10-4+. The van der Waals surface area contributed by atoms with Crippen LogP contribution in [0.1, 0.15) is 6.42 Å². The van der Waals surface area contributed by atoms with Crippen molar-refractivity contribution in [2.24, 2.45) is 0 Å².